The Balaban J connectivity index is 2.21. The Labute approximate surface area is 118 Å². The smallest absolute Gasteiger partial charge is 0.271 e. The summed E-state index contributed by atoms with van der Waals surface area (Å²) in [5.41, 5.74) is 3.42. The molecule has 2 heterocycles. The molecule has 5 heteroatoms. The maximum atomic E-state index is 11.9. The zero-order valence-electron chi connectivity index (χ0n) is 12.0. The normalized spacial score (nSPS) is 10.3. The van der Waals surface area contributed by atoms with E-state index in [-0.39, 0.29) is 5.56 Å². The van der Waals surface area contributed by atoms with E-state index in [1.807, 2.05) is 25.1 Å². The quantitative estimate of drug-likeness (QED) is 0.877. The van der Waals surface area contributed by atoms with Crippen molar-refractivity contribution in [1.82, 2.24) is 9.97 Å². The first-order valence-corrected chi connectivity index (χ1v) is 6.60. The fourth-order valence-electron chi connectivity index (χ4n) is 2.10. The van der Waals surface area contributed by atoms with Crippen LogP contribution in [0.4, 0.5) is 5.69 Å². The van der Waals surface area contributed by atoms with Gasteiger partial charge in [-0.3, -0.25) is 4.79 Å². The molecule has 0 aromatic carbocycles. The third-order valence-electron chi connectivity index (χ3n) is 3.24. The van der Waals surface area contributed by atoms with Gasteiger partial charge in [0, 0.05) is 24.0 Å². The maximum absolute atomic E-state index is 11.9. The van der Waals surface area contributed by atoms with Gasteiger partial charge in [0.05, 0.1) is 7.11 Å². The molecule has 0 spiro atoms. The van der Waals surface area contributed by atoms with Crippen LogP contribution in [0.25, 0.3) is 0 Å². The van der Waals surface area contributed by atoms with Crippen LogP contribution in [0.2, 0.25) is 0 Å². The van der Waals surface area contributed by atoms with Gasteiger partial charge in [-0.1, -0.05) is 13.0 Å². The third-order valence-corrected chi connectivity index (χ3v) is 3.24. The van der Waals surface area contributed by atoms with Crippen molar-refractivity contribution in [3.05, 3.63) is 51.6 Å². The molecule has 0 fully saturated rings. The largest absolute Gasteiger partial charge is 0.481 e. The number of methoxy groups -OCH3 is 1. The highest BCUT2D eigenvalue weighted by molar-refractivity contribution is 5.46. The molecule has 0 radical (unpaired) electrons. The van der Waals surface area contributed by atoms with E-state index in [1.54, 1.807) is 13.3 Å². The highest BCUT2D eigenvalue weighted by Gasteiger charge is 2.07. The van der Waals surface area contributed by atoms with Crippen LogP contribution in [0.5, 0.6) is 5.88 Å². The van der Waals surface area contributed by atoms with Crippen molar-refractivity contribution in [2.24, 2.45) is 0 Å². The van der Waals surface area contributed by atoms with Crippen molar-refractivity contribution < 1.29 is 4.74 Å². The number of hydrogen-bond donors (Lipinski definition) is 2. The minimum Gasteiger partial charge on any atom is -0.481 e. The van der Waals surface area contributed by atoms with Crippen LogP contribution < -0.4 is 15.6 Å². The molecular formula is C15H19N3O2. The van der Waals surface area contributed by atoms with Crippen LogP contribution in [-0.2, 0) is 13.0 Å². The number of aromatic amines is 1. The Kier molecular flexibility index (Phi) is 4.40. The molecule has 106 valence electrons. The van der Waals surface area contributed by atoms with Gasteiger partial charge in [0.2, 0.25) is 5.88 Å². The molecule has 0 bridgehead atoms. The van der Waals surface area contributed by atoms with E-state index < -0.39 is 0 Å². The predicted molar refractivity (Wildman–Crippen MR) is 79.3 cm³/mol. The van der Waals surface area contributed by atoms with Crippen molar-refractivity contribution in [2.75, 3.05) is 12.4 Å². The molecule has 2 rings (SSSR count). The van der Waals surface area contributed by atoms with Crippen LogP contribution >= 0.6 is 0 Å². The summed E-state index contributed by atoms with van der Waals surface area (Å²) in [5.74, 6) is 0.569. The summed E-state index contributed by atoms with van der Waals surface area (Å²) in [4.78, 5) is 18.9. The lowest BCUT2D eigenvalue weighted by Crippen LogP contribution is -2.16. The standard InChI is InChI=1S/C15H19N3O2/c1-4-11-8-13(14(19)18-10(11)2)17-9-12-6-5-7-16-15(12)20-3/h5-8,17H,4,9H2,1-3H3,(H,18,19). The van der Waals surface area contributed by atoms with Gasteiger partial charge in [-0.25, -0.2) is 4.98 Å². The van der Waals surface area contributed by atoms with Gasteiger partial charge < -0.3 is 15.0 Å². The lowest BCUT2D eigenvalue weighted by molar-refractivity contribution is 0.393. The Morgan fingerprint density at radius 1 is 1.40 bits per heavy atom. The van der Waals surface area contributed by atoms with Gasteiger partial charge in [-0.2, -0.15) is 0 Å². The molecular weight excluding hydrogens is 254 g/mol. The monoisotopic (exact) mass is 273 g/mol. The van der Waals surface area contributed by atoms with E-state index in [0.717, 1.165) is 23.2 Å². The number of nitrogens with zero attached hydrogens (tertiary/aromatic N) is 1. The van der Waals surface area contributed by atoms with Crippen molar-refractivity contribution in [3.8, 4) is 5.88 Å². The number of anilines is 1. The van der Waals surface area contributed by atoms with E-state index in [2.05, 4.69) is 22.2 Å². The Hall–Kier alpha value is -2.30. The SMILES string of the molecule is CCc1cc(NCc2cccnc2OC)c(=O)[nH]c1C. The average Bonchev–Trinajstić information content (AvgIpc) is 2.46. The second-order valence-corrected chi connectivity index (χ2v) is 4.54. The summed E-state index contributed by atoms with van der Waals surface area (Å²) in [6, 6.07) is 5.66. The Morgan fingerprint density at radius 3 is 2.90 bits per heavy atom. The zero-order valence-corrected chi connectivity index (χ0v) is 12.0. The van der Waals surface area contributed by atoms with Gasteiger partial charge in [0.15, 0.2) is 0 Å². The van der Waals surface area contributed by atoms with Crippen molar-refractivity contribution in [2.45, 2.75) is 26.8 Å². The van der Waals surface area contributed by atoms with Crippen molar-refractivity contribution in [3.63, 3.8) is 0 Å². The average molecular weight is 273 g/mol. The molecule has 0 saturated carbocycles. The first-order valence-electron chi connectivity index (χ1n) is 6.60. The molecule has 2 aromatic rings. The third kappa shape index (κ3) is 2.99. The summed E-state index contributed by atoms with van der Waals surface area (Å²) >= 11 is 0. The topological polar surface area (TPSA) is 67.0 Å². The Bertz CT molecular complexity index is 650. The number of pyridine rings is 2. The molecule has 0 unspecified atom stereocenters. The molecule has 2 aromatic heterocycles. The predicted octanol–water partition coefficient (Wildman–Crippen LogP) is 2.26. The highest BCUT2D eigenvalue weighted by atomic mass is 16.5. The minimum atomic E-state index is -0.109. The maximum Gasteiger partial charge on any atom is 0.271 e. The summed E-state index contributed by atoms with van der Waals surface area (Å²) < 4.78 is 5.19. The second-order valence-electron chi connectivity index (χ2n) is 4.54. The van der Waals surface area contributed by atoms with E-state index in [4.69, 9.17) is 4.74 Å². The zero-order chi connectivity index (χ0) is 14.5. The molecule has 20 heavy (non-hydrogen) atoms. The van der Waals surface area contributed by atoms with E-state index in [1.165, 1.54) is 0 Å². The molecule has 0 amide bonds. The fourth-order valence-corrected chi connectivity index (χ4v) is 2.10. The number of aryl methyl sites for hydroxylation is 2. The van der Waals surface area contributed by atoms with E-state index in [9.17, 15) is 4.79 Å². The fraction of sp³-hybridized carbons (Fsp3) is 0.333. The number of nitrogens with one attached hydrogen (secondary N) is 2. The number of H-pyrrole nitrogens is 1. The minimum absolute atomic E-state index is 0.109. The van der Waals surface area contributed by atoms with Gasteiger partial charge in [0.25, 0.3) is 5.56 Å². The van der Waals surface area contributed by atoms with Crippen LogP contribution in [0.15, 0.2) is 29.2 Å². The molecule has 2 N–H and O–H groups in total. The van der Waals surface area contributed by atoms with Gasteiger partial charge in [-0.15, -0.1) is 0 Å². The molecule has 0 aliphatic carbocycles. The number of hydrogen-bond acceptors (Lipinski definition) is 4. The first-order chi connectivity index (χ1) is 9.65. The van der Waals surface area contributed by atoms with Crippen molar-refractivity contribution in [1.29, 1.82) is 0 Å². The van der Waals surface area contributed by atoms with Gasteiger partial charge in [0.1, 0.15) is 5.69 Å². The number of ether oxygens (including phenoxy) is 1. The van der Waals surface area contributed by atoms with Gasteiger partial charge in [-0.05, 0) is 31.0 Å². The van der Waals surface area contributed by atoms with Crippen molar-refractivity contribution >= 4 is 5.69 Å². The van der Waals surface area contributed by atoms with Crippen LogP contribution in [0, 0.1) is 6.92 Å². The van der Waals surface area contributed by atoms with Crippen LogP contribution in [0.3, 0.4) is 0 Å². The summed E-state index contributed by atoms with van der Waals surface area (Å²) in [6.07, 6.45) is 2.56. The molecule has 0 atom stereocenters. The molecule has 0 aliphatic heterocycles. The highest BCUT2D eigenvalue weighted by Crippen LogP contribution is 2.16. The molecule has 5 nitrogen and oxygen atoms in total. The summed E-state index contributed by atoms with van der Waals surface area (Å²) in [7, 11) is 1.58. The van der Waals surface area contributed by atoms with Crippen LogP contribution in [0.1, 0.15) is 23.7 Å². The Morgan fingerprint density at radius 2 is 2.20 bits per heavy atom. The number of aromatic nitrogens is 2. The van der Waals surface area contributed by atoms with E-state index in [0.29, 0.717) is 18.1 Å². The molecule has 0 aliphatic rings. The second kappa shape index (κ2) is 6.23. The lowest BCUT2D eigenvalue weighted by Gasteiger charge is -2.11. The number of rotatable bonds is 5. The first kappa shape index (κ1) is 14.1. The van der Waals surface area contributed by atoms with E-state index >= 15 is 0 Å². The van der Waals surface area contributed by atoms with Crippen LogP contribution in [-0.4, -0.2) is 17.1 Å². The summed E-state index contributed by atoms with van der Waals surface area (Å²) in [5, 5.41) is 3.14. The summed E-state index contributed by atoms with van der Waals surface area (Å²) in [6.45, 7) is 4.47. The lowest BCUT2D eigenvalue weighted by atomic mass is 10.1. The van der Waals surface area contributed by atoms with Gasteiger partial charge >= 0.3 is 0 Å². The molecule has 0 saturated heterocycles.